The molecule has 5 aliphatic rings. The van der Waals surface area contributed by atoms with Crippen molar-refractivity contribution >= 4 is 5.78 Å². The summed E-state index contributed by atoms with van der Waals surface area (Å²) in [6.45, 7) is 3.99. The molecule has 4 aliphatic carbocycles. The second-order valence-electron chi connectivity index (χ2n) is 8.75. The summed E-state index contributed by atoms with van der Waals surface area (Å²) in [6, 6.07) is 0. The van der Waals surface area contributed by atoms with Gasteiger partial charge in [-0.05, 0) is 68.3 Å². The smallest absolute Gasteiger partial charge is 0.174 e. The number of carbonyl (C=O) groups is 1. The van der Waals surface area contributed by atoms with Gasteiger partial charge in [0.2, 0.25) is 0 Å². The number of ketones is 1. The molecule has 5 atom stereocenters. The van der Waals surface area contributed by atoms with Gasteiger partial charge < -0.3 is 9.47 Å². The summed E-state index contributed by atoms with van der Waals surface area (Å²) in [5.41, 5.74) is 1.68. The van der Waals surface area contributed by atoms with Crippen LogP contribution in [0.4, 0.5) is 0 Å². The zero-order valence-electron chi connectivity index (χ0n) is 14.2. The molecule has 0 N–H and O–H groups in total. The lowest BCUT2D eigenvalue weighted by molar-refractivity contribution is -0.240. The Morgan fingerprint density at radius 3 is 2.65 bits per heavy atom. The summed E-state index contributed by atoms with van der Waals surface area (Å²) in [6.07, 6.45) is 11.2. The van der Waals surface area contributed by atoms with Crippen LogP contribution in [0, 0.1) is 29.1 Å². The third-order valence-electron chi connectivity index (χ3n) is 8.10. The van der Waals surface area contributed by atoms with E-state index in [2.05, 4.69) is 6.92 Å². The second-order valence-corrected chi connectivity index (χ2v) is 8.75. The van der Waals surface area contributed by atoms with Crippen molar-refractivity contribution in [2.45, 2.75) is 64.1 Å². The summed E-state index contributed by atoms with van der Waals surface area (Å²) >= 11 is 0. The van der Waals surface area contributed by atoms with Crippen molar-refractivity contribution in [2.75, 3.05) is 13.2 Å². The molecule has 4 fully saturated rings. The van der Waals surface area contributed by atoms with Crippen LogP contribution in [0.1, 0.15) is 58.3 Å². The van der Waals surface area contributed by atoms with Gasteiger partial charge in [0.15, 0.2) is 11.6 Å². The van der Waals surface area contributed by atoms with Crippen LogP contribution < -0.4 is 0 Å². The van der Waals surface area contributed by atoms with Crippen LogP contribution in [0.3, 0.4) is 0 Å². The second kappa shape index (κ2) is 4.92. The van der Waals surface area contributed by atoms with E-state index in [1.165, 1.54) is 31.3 Å². The van der Waals surface area contributed by atoms with Crippen LogP contribution >= 0.6 is 0 Å². The van der Waals surface area contributed by atoms with Crippen molar-refractivity contribution in [1.29, 1.82) is 0 Å². The molecule has 0 amide bonds. The Balaban J connectivity index is 1.46. The van der Waals surface area contributed by atoms with Crippen molar-refractivity contribution < 1.29 is 14.3 Å². The first-order valence-electron chi connectivity index (χ1n) is 9.64. The highest BCUT2D eigenvalue weighted by Crippen LogP contribution is 2.66. The van der Waals surface area contributed by atoms with E-state index in [1.807, 2.05) is 6.08 Å². The molecule has 0 aromatic heterocycles. The Morgan fingerprint density at radius 2 is 1.83 bits per heavy atom. The SMILES string of the molecule is C[C@]12CC[C@@H]3C4CCC(=O)C=C4CC[C@H]3[C@@H]1CCC21OCCO1. The Morgan fingerprint density at radius 1 is 1.00 bits per heavy atom. The predicted molar refractivity (Wildman–Crippen MR) is 86.7 cm³/mol. The molecule has 126 valence electrons. The molecule has 1 spiro atoms. The van der Waals surface area contributed by atoms with E-state index in [0.29, 0.717) is 11.7 Å². The van der Waals surface area contributed by atoms with Crippen molar-refractivity contribution in [2.24, 2.45) is 29.1 Å². The largest absolute Gasteiger partial charge is 0.347 e. The number of carbonyl (C=O) groups excluding carboxylic acids is 1. The first-order chi connectivity index (χ1) is 11.1. The monoisotopic (exact) mass is 316 g/mol. The first kappa shape index (κ1) is 14.7. The number of ether oxygens (including phenoxy) is 2. The minimum Gasteiger partial charge on any atom is -0.347 e. The van der Waals surface area contributed by atoms with Crippen molar-refractivity contribution in [1.82, 2.24) is 0 Å². The molecule has 0 bridgehead atoms. The Kier molecular flexibility index (Phi) is 3.13. The fourth-order valence-electron chi connectivity index (χ4n) is 7.07. The predicted octanol–water partition coefficient (Wildman–Crippen LogP) is 3.87. The fraction of sp³-hybridized carbons (Fsp3) is 0.850. The maximum atomic E-state index is 11.8. The molecule has 0 aromatic rings. The maximum absolute atomic E-state index is 11.8. The highest BCUT2D eigenvalue weighted by molar-refractivity contribution is 5.91. The number of rotatable bonds is 0. The molecule has 3 heteroatoms. The van der Waals surface area contributed by atoms with Crippen molar-refractivity contribution in [3.05, 3.63) is 11.6 Å². The molecule has 0 radical (unpaired) electrons. The van der Waals surface area contributed by atoms with E-state index >= 15 is 0 Å². The summed E-state index contributed by atoms with van der Waals surface area (Å²) in [7, 11) is 0. The zero-order chi connectivity index (χ0) is 15.7. The number of hydrogen-bond donors (Lipinski definition) is 0. The van der Waals surface area contributed by atoms with Gasteiger partial charge in [0, 0.05) is 18.3 Å². The van der Waals surface area contributed by atoms with Gasteiger partial charge in [0.25, 0.3) is 0 Å². The molecular formula is C20H28O3. The third kappa shape index (κ3) is 1.87. The summed E-state index contributed by atoms with van der Waals surface area (Å²) < 4.78 is 12.4. The molecule has 3 saturated carbocycles. The van der Waals surface area contributed by atoms with Gasteiger partial charge in [0.1, 0.15) is 0 Å². The third-order valence-corrected chi connectivity index (χ3v) is 8.10. The van der Waals surface area contributed by atoms with Crippen LogP contribution in [0.2, 0.25) is 0 Å². The van der Waals surface area contributed by atoms with Gasteiger partial charge in [-0.2, -0.15) is 0 Å². The van der Waals surface area contributed by atoms with Crippen LogP contribution in [-0.4, -0.2) is 24.8 Å². The normalized spacial score (nSPS) is 47.9. The molecule has 1 unspecified atom stereocenters. The van der Waals surface area contributed by atoms with E-state index in [9.17, 15) is 4.79 Å². The standard InChI is InChI=1S/C20H28O3/c1-19-8-6-16-15-5-3-14(21)12-13(15)2-4-17(16)18(19)7-9-20(19)22-10-11-23-20/h12,15-18H,2-11H2,1H3/t15?,16-,17-,18+,19+/m1/s1. The molecule has 1 heterocycles. The zero-order valence-corrected chi connectivity index (χ0v) is 14.2. The molecule has 3 nitrogen and oxygen atoms in total. The van der Waals surface area contributed by atoms with E-state index in [-0.39, 0.29) is 11.2 Å². The van der Waals surface area contributed by atoms with E-state index < -0.39 is 0 Å². The summed E-state index contributed by atoms with van der Waals surface area (Å²) in [5, 5.41) is 0. The van der Waals surface area contributed by atoms with E-state index in [4.69, 9.17) is 9.47 Å². The molecule has 1 saturated heterocycles. The summed E-state index contributed by atoms with van der Waals surface area (Å²) in [4.78, 5) is 11.8. The van der Waals surface area contributed by atoms with Crippen LogP contribution in [-0.2, 0) is 14.3 Å². The van der Waals surface area contributed by atoms with E-state index in [1.54, 1.807) is 0 Å². The van der Waals surface area contributed by atoms with Gasteiger partial charge in [-0.25, -0.2) is 0 Å². The van der Waals surface area contributed by atoms with Crippen LogP contribution in [0.25, 0.3) is 0 Å². The lowest BCUT2D eigenvalue weighted by Gasteiger charge is -2.55. The first-order valence-corrected chi connectivity index (χ1v) is 9.64. The van der Waals surface area contributed by atoms with Gasteiger partial charge in [0.05, 0.1) is 13.2 Å². The number of allylic oxidation sites excluding steroid dienone is 1. The molecular weight excluding hydrogens is 288 g/mol. The minimum atomic E-state index is -0.277. The Bertz CT molecular complexity index is 559. The highest BCUT2D eigenvalue weighted by atomic mass is 16.7. The topological polar surface area (TPSA) is 35.5 Å². The Labute approximate surface area is 138 Å². The number of fused-ring (bicyclic) bond motifs is 6. The molecule has 23 heavy (non-hydrogen) atoms. The van der Waals surface area contributed by atoms with Crippen LogP contribution in [0.15, 0.2) is 11.6 Å². The maximum Gasteiger partial charge on any atom is 0.174 e. The summed E-state index contributed by atoms with van der Waals surface area (Å²) in [5.74, 6) is 3.15. The quantitative estimate of drug-likeness (QED) is 0.680. The highest BCUT2D eigenvalue weighted by Gasteiger charge is 2.65. The average Bonchev–Trinajstić information content (AvgIpc) is 3.14. The lowest BCUT2D eigenvalue weighted by Crippen LogP contribution is -2.53. The Hall–Kier alpha value is -0.670. The van der Waals surface area contributed by atoms with Gasteiger partial charge in [-0.1, -0.05) is 12.5 Å². The number of hydrogen-bond acceptors (Lipinski definition) is 3. The van der Waals surface area contributed by atoms with Crippen molar-refractivity contribution in [3.63, 3.8) is 0 Å². The average molecular weight is 316 g/mol. The molecule has 0 aromatic carbocycles. The van der Waals surface area contributed by atoms with E-state index in [0.717, 1.165) is 56.7 Å². The van der Waals surface area contributed by atoms with Crippen LogP contribution in [0.5, 0.6) is 0 Å². The molecule has 5 rings (SSSR count). The van der Waals surface area contributed by atoms with Gasteiger partial charge in [-0.3, -0.25) is 4.79 Å². The van der Waals surface area contributed by atoms with Crippen molar-refractivity contribution in [3.8, 4) is 0 Å². The van der Waals surface area contributed by atoms with Gasteiger partial charge >= 0.3 is 0 Å². The fourth-order valence-corrected chi connectivity index (χ4v) is 7.07. The minimum absolute atomic E-state index is 0.205. The van der Waals surface area contributed by atoms with Gasteiger partial charge in [-0.15, -0.1) is 0 Å². The lowest BCUT2D eigenvalue weighted by atomic mass is 9.51. The molecule has 1 aliphatic heterocycles.